The molecule has 0 spiro atoms. The molecule has 3 saturated carbocycles. The Labute approximate surface area is 189 Å². The Hall–Kier alpha value is -1.47. The van der Waals surface area contributed by atoms with Crippen LogP contribution in [0.15, 0.2) is 11.6 Å². The first kappa shape index (κ1) is 22.7. The molecule has 4 aliphatic carbocycles. The molecule has 4 nitrogen and oxygen atoms in total. The molecule has 4 heteroatoms. The van der Waals surface area contributed by atoms with Crippen molar-refractivity contribution in [1.82, 2.24) is 10.6 Å². The Bertz CT molecular complexity index is 740. The van der Waals surface area contributed by atoms with Crippen LogP contribution in [0.2, 0.25) is 0 Å². The summed E-state index contributed by atoms with van der Waals surface area (Å²) < 4.78 is 5.77. The van der Waals surface area contributed by atoms with E-state index < -0.39 is 0 Å². The molecule has 4 aliphatic rings. The second kappa shape index (κ2) is 9.18. The quantitative estimate of drug-likeness (QED) is 0.344. The molecule has 0 aromatic carbocycles. The largest absolute Gasteiger partial charge is 0.446 e. The third-order valence-corrected chi connectivity index (χ3v) is 9.81. The first-order valence-corrected chi connectivity index (χ1v) is 12.6. The third-order valence-electron chi connectivity index (χ3n) is 9.81. The highest BCUT2D eigenvalue weighted by Crippen LogP contribution is 2.66. The molecule has 2 N–H and O–H groups in total. The topological polar surface area (TPSA) is 50.4 Å². The smallest absolute Gasteiger partial charge is 0.407 e. The standard InChI is InChI=1S/C27H42N2O2/c1-5-6-7-19-9-11-23-22-10-8-20-18-21(31-25(30)29-17-16-28-4)12-14-27(20,3)24(22)13-15-26(19,23)2/h1,8,19,21-24,28H,6-7,9-18H2,2-4H3,(H,29,30). The maximum absolute atomic E-state index is 12.1. The summed E-state index contributed by atoms with van der Waals surface area (Å²) in [6, 6.07) is 0. The lowest BCUT2D eigenvalue weighted by Gasteiger charge is -2.58. The lowest BCUT2D eigenvalue weighted by Crippen LogP contribution is -2.50. The van der Waals surface area contributed by atoms with Gasteiger partial charge in [0.05, 0.1) is 0 Å². The molecule has 1 amide bonds. The Balaban J connectivity index is 1.42. The van der Waals surface area contributed by atoms with Crippen molar-refractivity contribution in [3.05, 3.63) is 11.6 Å². The minimum absolute atomic E-state index is 0.0268. The van der Waals surface area contributed by atoms with Crippen LogP contribution >= 0.6 is 0 Å². The van der Waals surface area contributed by atoms with Crippen LogP contribution in [0.1, 0.15) is 78.1 Å². The van der Waals surface area contributed by atoms with E-state index in [1.165, 1.54) is 38.5 Å². The number of nitrogens with one attached hydrogen (secondary N) is 2. The fraction of sp³-hybridized carbons (Fsp3) is 0.815. The summed E-state index contributed by atoms with van der Waals surface area (Å²) in [5, 5.41) is 5.89. The van der Waals surface area contributed by atoms with Gasteiger partial charge in [-0.2, -0.15) is 0 Å². The van der Waals surface area contributed by atoms with Gasteiger partial charge in [0.15, 0.2) is 0 Å². The van der Waals surface area contributed by atoms with Gasteiger partial charge >= 0.3 is 6.09 Å². The molecular weight excluding hydrogens is 384 g/mol. The second-order valence-electron chi connectivity index (χ2n) is 11.1. The average molecular weight is 427 g/mol. The number of hydrogen-bond donors (Lipinski definition) is 2. The van der Waals surface area contributed by atoms with Gasteiger partial charge in [-0.15, -0.1) is 12.3 Å². The molecule has 31 heavy (non-hydrogen) atoms. The van der Waals surface area contributed by atoms with Gasteiger partial charge in [0.25, 0.3) is 0 Å². The van der Waals surface area contributed by atoms with Gasteiger partial charge in [0.2, 0.25) is 0 Å². The Morgan fingerprint density at radius 3 is 2.81 bits per heavy atom. The molecule has 0 aromatic rings. The van der Waals surface area contributed by atoms with E-state index in [-0.39, 0.29) is 12.2 Å². The van der Waals surface area contributed by atoms with Gasteiger partial charge in [0, 0.05) is 25.9 Å². The summed E-state index contributed by atoms with van der Waals surface area (Å²) in [5.74, 6) is 6.18. The number of amides is 1. The summed E-state index contributed by atoms with van der Waals surface area (Å²) in [4.78, 5) is 12.1. The van der Waals surface area contributed by atoms with Crippen molar-refractivity contribution in [2.75, 3.05) is 20.1 Å². The Morgan fingerprint density at radius 2 is 2.03 bits per heavy atom. The number of allylic oxidation sites excluding steroid dienone is 1. The van der Waals surface area contributed by atoms with Crippen LogP contribution in [0.4, 0.5) is 4.79 Å². The van der Waals surface area contributed by atoms with E-state index in [0.29, 0.717) is 17.4 Å². The van der Waals surface area contributed by atoms with Crippen LogP contribution < -0.4 is 10.6 Å². The van der Waals surface area contributed by atoms with Crippen LogP contribution in [-0.4, -0.2) is 32.3 Å². The Kier molecular flexibility index (Phi) is 6.73. The zero-order valence-corrected chi connectivity index (χ0v) is 19.8. The molecular formula is C27H42N2O2. The molecule has 7 atom stereocenters. The van der Waals surface area contributed by atoms with Crippen LogP contribution in [0, 0.1) is 46.8 Å². The molecule has 172 valence electrons. The van der Waals surface area contributed by atoms with E-state index in [1.807, 2.05) is 7.05 Å². The molecule has 0 radical (unpaired) electrons. The van der Waals surface area contributed by atoms with Crippen LogP contribution in [0.25, 0.3) is 0 Å². The van der Waals surface area contributed by atoms with Crippen molar-refractivity contribution >= 4 is 6.09 Å². The number of hydrogen-bond acceptors (Lipinski definition) is 3. The van der Waals surface area contributed by atoms with E-state index in [9.17, 15) is 4.79 Å². The molecule has 0 heterocycles. The number of terminal acetylenes is 1. The van der Waals surface area contributed by atoms with Gasteiger partial charge in [0.1, 0.15) is 6.10 Å². The third kappa shape index (κ3) is 4.15. The van der Waals surface area contributed by atoms with Gasteiger partial charge in [-0.3, -0.25) is 0 Å². The molecule has 0 saturated heterocycles. The molecule has 7 unspecified atom stereocenters. The highest BCUT2D eigenvalue weighted by molar-refractivity contribution is 5.67. The van der Waals surface area contributed by atoms with Crippen molar-refractivity contribution in [1.29, 1.82) is 0 Å². The molecule has 4 rings (SSSR count). The predicted molar refractivity (Wildman–Crippen MR) is 125 cm³/mol. The van der Waals surface area contributed by atoms with Crippen LogP contribution in [0.3, 0.4) is 0 Å². The molecule has 0 aromatic heterocycles. The highest BCUT2D eigenvalue weighted by atomic mass is 16.6. The minimum atomic E-state index is -0.268. The number of carbonyl (C=O) groups excluding carboxylic acids is 1. The number of ether oxygens (including phenoxy) is 1. The van der Waals surface area contributed by atoms with E-state index in [2.05, 4.69) is 36.5 Å². The van der Waals surface area contributed by atoms with Crippen molar-refractivity contribution in [3.63, 3.8) is 0 Å². The predicted octanol–water partition coefficient (Wildman–Crippen LogP) is 5.29. The number of carbonyl (C=O) groups is 1. The zero-order chi connectivity index (χ0) is 22.1. The number of alkyl carbamates (subject to hydrolysis) is 1. The first-order valence-electron chi connectivity index (χ1n) is 12.6. The zero-order valence-electron chi connectivity index (χ0n) is 19.8. The SMILES string of the molecule is C#CCCC1CCC2C3CC=C4CC(OC(=O)NCCNC)CCC4(C)C3CCC12C. The fourth-order valence-electron chi connectivity index (χ4n) is 8.05. The van der Waals surface area contributed by atoms with E-state index in [4.69, 9.17) is 11.2 Å². The lowest BCUT2D eigenvalue weighted by atomic mass is 9.47. The van der Waals surface area contributed by atoms with E-state index >= 15 is 0 Å². The average Bonchev–Trinajstić information content (AvgIpc) is 3.09. The van der Waals surface area contributed by atoms with Crippen molar-refractivity contribution in [2.24, 2.45) is 34.5 Å². The maximum Gasteiger partial charge on any atom is 0.407 e. The van der Waals surface area contributed by atoms with Crippen LogP contribution in [0.5, 0.6) is 0 Å². The van der Waals surface area contributed by atoms with Gasteiger partial charge in [-0.05, 0) is 92.9 Å². The van der Waals surface area contributed by atoms with Crippen LogP contribution in [-0.2, 0) is 4.74 Å². The van der Waals surface area contributed by atoms with E-state index in [0.717, 1.165) is 55.9 Å². The second-order valence-corrected chi connectivity index (χ2v) is 11.1. The van der Waals surface area contributed by atoms with E-state index in [1.54, 1.807) is 5.57 Å². The summed E-state index contributed by atoms with van der Waals surface area (Å²) in [6.07, 6.45) is 19.8. The molecule has 0 bridgehead atoms. The van der Waals surface area contributed by atoms with Crippen molar-refractivity contribution in [3.8, 4) is 12.3 Å². The molecule has 0 aliphatic heterocycles. The number of likely N-dealkylation sites (N-methyl/N-ethyl adjacent to an activating group) is 1. The number of rotatable bonds is 6. The summed E-state index contributed by atoms with van der Waals surface area (Å²) >= 11 is 0. The lowest BCUT2D eigenvalue weighted by molar-refractivity contribution is -0.0514. The van der Waals surface area contributed by atoms with Gasteiger partial charge in [-0.1, -0.05) is 25.5 Å². The fourth-order valence-corrected chi connectivity index (χ4v) is 8.05. The first-order chi connectivity index (χ1) is 14.9. The summed E-state index contributed by atoms with van der Waals surface area (Å²) in [5.41, 5.74) is 2.35. The Morgan fingerprint density at radius 1 is 1.19 bits per heavy atom. The van der Waals surface area contributed by atoms with Gasteiger partial charge in [-0.25, -0.2) is 4.79 Å². The minimum Gasteiger partial charge on any atom is -0.446 e. The summed E-state index contributed by atoms with van der Waals surface area (Å²) in [7, 11) is 1.88. The van der Waals surface area contributed by atoms with Crippen molar-refractivity contribution < 1.29 is 9.53 Å². The molecule has 3 fully saturated rings. The maximum atomic E-state index is 12.1. The summed E-state index contributed by atoms with van der Waals surface area (Å²) in [6.45, 7) is 6.47. The van der Waals surface area contributed by atoms with Crippen molar-refractivity contribution in [2.45, 2.75) is 84.2 Å². The monoisotopic (exact) mass is 426 g/mol. The normalized spacial score (nSPS) is 41.2. The van der Waals surface area contributed by atoms with Gasteiger partial charge < -0.3 is 15.4 Å². The highest BCUT2D eigenvalue weighted by Gasteiger charge is 2.58. The number of fused-ring (bicyclic) bond motifs is 5.